The Morgan fingerprint density at radius 3 is 2.15 bits per heavy atom. The summed E-state index contributed by atoms with van der Waals surface area (Å²) < 4.78 is 6.16. The van der Waals surface area contributed by atoms with Crippen molar-refractivity contribution in [2.45, 2.75) is 47.5 Å². The molecule has 3 aromatic heterocycles. The van der Waals surface area contributed by atoms with Crippen molar-refractivity contribution < 1.29 is 24.5 Å². The van der Waals surface area contributed by atoms with E-state index in [9.17, 15) is 0 Å². The zero-order valence-electron chi connectivity index (χ0n) is 27.0. The van der Waals surface area contributed by atoms with Crippen molar-refractivity contribution in [3.05, 3.63) is 155 Å². The van der Waals surface area contributed by atoms with Crippen LogP contribution in [-0.4, -0.2) is 9.97 Å². The first kappa shape index (κ1) is 33.0. The van der Waals surface area contributed by atoms with Gasteiger partial charge in [0.2, 0.25) is 0 Å². The predicted molar refractivity (Wildman–Crippen MR) is 186 cm³/mol. The van der Waals surface area contributed by atoms with E-state index in [0.29, 0.717) is 5.92 Å². The Morgan fingerprint density at radius 2 is 1.41 bits per heavy atom. The van der Waals surface area contributed by atoms with Crippen LogP contribution in [0.3, 0.4) is 0 Å². The summed E-state index contributed by atoms with van der Waals surface area (Å²) in [6.07, 6.45) is 5.91. The molecule has 3 heterocycles. The molecule has 0 bridgehead atoms. The zero-order chi connectivity index (χ0) is 31.3. The van der Waals surface area contributed by atoms with Crippen molar-refractivity contribution in [1.82, 2.24) is 9.97 Å². The van der Waals surface area contributed by atoms with Crippen molar-refractivity contribution in [1.29, 1.82) is 0 Å². The summed E-state index contributed by atoms with van der Waals surface area (Å²) in [6.45, 7) is 10.8. The first-order chi connectivity index (χ1) is 21.9. The molecule has 4 aromatic carbocycles. The van der Waals surface area contributed by atoms with Crippen LogP contribution in [-0.2, 0) is 32.9 Å². The fourth-order valence-corrected chi connectivity index (χ4v) is 5.62. The van der Waals surface area contributed by atoms with E-state index in [4.69, 9.17) is 4.42 Å². The van der Waals surface area contributed by atoms with Gasteiger partial charge < -0.3 is 14.4 Å². The number of para-hydroxylation sites is 1. The van der Waals surface area contributed by atoms with Crippen LogP contribution in [0.5, 0.6) is 0 Å². The third-order valence-corrected chi connectivity index (χ3v) is 8.13. The van der Waals surface area contributed by atoms with Gasteiger partial charge in [0.1, 0.15) is 5.58 Å². The third-order valence-electron chi connectivity index (χ3n) is 8.13. The average molecular weight is 779 g/mol. The van der Waals surface area contributed by atoms with Crippen LogP contribution in [0.4, 0.5) is 0 Å². The van der Waals surface area contributed by atoms with E-state index in [1.54, 1.807) is 0 Å². The number of nitrogens with zero attached hydrogens (tertiary/aromatic N) is 2. The van der Waals surface area contributed by atoms with E-state index in [0.717, 1.165) is 57.3 Å². The van der Waals surface area contributed by atoms with E-state index < -0.39 is 0 Å². The van der Waals surface area contributed by atoms with E-state index in [1.807, 2.05) is 48.8 Å². The van der Waals surface area contributed by atoms with Crippen LogP contribution >= 0.6 is 0 Å². The Hall–Kier alpha value is -4.37. The second kappa shape index (κ2) is 14.8. The van der Waals surface area contributed by atoms with Gasteiger partial charge in [-0.05, 0) is 72.3 Å². The molecule has 0 aliphatic heterocycles. The standard InChI is InChI=1S/C25H18NO.C17H20N.Ir/c1-17-16-26-23(15-19(17)14-18-8-3-2-4-9-18)22-12-7-11-21-20-10-5-6-13-24(20)27-25(21)22;1-12(2)9-16-10-17(18-11-14(16)4)15-7-5-13(3)6-8-15;/h2-11,13,15-16H,14H2,1H3;5-7,10-12H,9H2,1-4H3;/q2*-1;. The maximum absolute atomic E-state index is 6.16. The molecule has 0 saturated carbocycles. The number of aryl methyl sites for hydroxylation is 3. The number of pyridine rings is 2. The van der Waals surface area contributed by atoms with Gasteiger partial charge in [-0.3, -0.25) is 0 Å². The van der Waals surface area contributed by atoms with Gasteiger partial charge in [0.15, 0.2) is 0 Å². The molecule has 1 radical (unpaired) electrons. The number of hydrogen-bond acceptors (Lipinski definition) is 3. The van der Waals surface area contributed by atoms with Crippen LogP contribution in [0.25, 0.3) is 44.5 Å². The van der Waals surface area contributed by atoms with E-state index in [1.165, 1.54) is 33.4 Å². The number of aromatic nitrogens is 2. The second-order valence-electron chi connectivity index (χ2n) is 12.2. The Kier molecular flexibility index (Phi) is 10.6. The van der Waals surface area contributed by atoms with Gasteiger partial charge in [-0.25, -0.2) is 0 Å². The number of benzene rings is 4. The summed E-state index contributed by atoms with van der Waals surface area (Å²) >= 11 is 0. The Morgan fingerprint density at radius 1 is 0.717 bits per heavy atom. The molecule has 0 amide bonds. The molecule has 0 unspecified atom stereocenters. The second-order valence-corrected chi connectivity index (χ2v) is 12.2. The van der Waals surface area contributed by atoms with Crippen LogP contribution in [0.15, 0.2) is 114 Å². The molecule has 0 aliphatic carbocycles. The fourth-order valence-electron chi connectivity index (χ4n) is 5.62. The van der Waals surface area contributed by atoms with Crippen LogP contribution in [0, 0.1) is 38.8 Å². The fraction of sp³-hybridized carbons (Fsp3) is 0.190. The summed E-state index contributed by atoms with van der Waals surface area (Å²) in [5, 5.41) is 2.23. The molecule has 0 fully saturated rings. The van der Waals surface area contributed by atoms with Gasteiger partial charge in [0, 0.05) is 37.9 Å². The van der Waals surface area contributed by atoms with Crippen LogP contribution < -0.4 is 0 Å². The Bertz CT molecular complexity index is 2060. The monoisotopic (exact) mass is 779 g/mol. The average Bonchev–Trinajstić information content (AvgIpc) is 3.43. The quantitative estimate of drug-likeness (QED) is 0.158. The third kappa shape index (κ3) is 7.53. The van der Waals surface area contributed by atoms with Crippen molar-refractivity contribution in [2.75, 3.05) is 0 Å². The van der Waals surface area contributed by atoms with Crippen LogP contribution in [0.2, 0.25) is 0 Å². The van der Waals surface area contributed by atoms with Gasteiger partial charge in [0.05, 0.1) is 5.58 Å². The number of fused-ring (bicyclic) bond motifs is 3. The molecule has 0 atom stereocenters. The summed E-state index contributed by atoms with van der Waals surface area (Å²) in [7, 11) is 0. The molecule has 0 spiro atoms. The minimum absolute atomic E-state index is 0. The SMILES string of the molecule is Cc1c[c-]c(-c2cc(CC(C)C)c(C)cn2)cc1.Cc1cnc(-c2[c-]ccc3c2oc2ccccc23)cc1Cc1ccccc1.[Ir]. The maximum Gasteiger partial charge on any atom is 0.120 e. The van der Waals surface area contributed by atoms with Crippen molar-refractivity contribution in [2.24, 2.45) is 5.92 Å². The largest absolute Gasteiger partial charge is 0.501 e. The number of rotatable bonds is 6. The topological polar surface area (TPSA) is 38.9 Å². The van der Waals surface area contributed by atoms with Gasteiger partial charge in [-0.1, -0.05) is 97.9 Å². The zero-order valence-corrected chi connectivity index (χ0v) is 29.4. The smallest absolute Gasteiger partial charge is 0.120 e. The number of furan rings is 1. The van der Waals surface area contributed by atoms with Gasteiger partial charge in [-0.15, -0.1) is 53.6 Å². The van der Waals surface area contributed by atoms with Gasteiger partial charge in [-0.2, -0.15) is 0 Å². The predicted octanol–water partition coefficient (Wildman–Crippen LogP) is 10.7. The van der Waals surface area contributed by atoms with E-state index in [-0.39, 0.29) is 20.1 Å². The molecular formula is C42H38IrN2O-2. The summed E-state index contributed by atoms with van der Waals surface area (Å²) in [6, 6.07) is 39.9. The molecule has 233 valence electrons. The van der Waals surface area contributed by atoms with Crippen molar-refractivity contribution >= 4 is 21.9 Å². The van der Waals surface area contributed by atoms with Gasteiger partial charge >= 0.3 is 0 Å². The molecule has 4 heteroatoms. The number of hydrogen-bond donors (Lipinski definition) is 0. The Balaban J connectivity index is 0.000000193. The molecular weight excluding hydrogens is 741 g/mol. The molecule has 0 saturated heterocycles. The van der Waals surface area contributed by atoms with Crippen molar-refractivity contribution in [3.8, 4) is 22.5 Å². The maximum atomic E-state index is 6.16. The normalized spacial score (nSPS) is 10.9. The first-order valence-electron chi connectivity index (χ1n) is 15.6. The molecule has 0 N–H and O–H groups in total. The van der Waals surface area contributed by atoms with Gasteiger partial charge in [0.25, 0.3) is 0 Å². The summed E-state index contributed by atoms with van der Waals surface area (Å²) in [4.78, 5) is 9.19. The summed E-state index contributed by atoms with van der Waals surface area (Å²) in [5.41, 5.74) is 13.3. The molecule has 0 aliphatic rings. The van der Waals surface area contributed by atoms with E-state index in [2.05, 4.69) is 117 Å². The van der Waals surface area contributed by atoms with E-state index >= 15 is 0 Å². The molecule has 46 heavy (non-hydrogen) atoms. The summed E-state index contributed by atoms with van der Waals surface area (Å²) in [5.74, 6) is 0.668. The molecule has 3 nitrogen and oxygen atoms in total. The Labute approximate surface area is 286 Å². The molecule has 7 aromatic rings. The first-order valence-corrected chi connectivity index (χ1v) is 15.6. The minimum Gasteiger partial charge on any atom is -0.501 e. The van der Waals surface area contributed by atoms with Crippen molar-refractivity contribution in [3.63, 3.8) is 0 Å². The van der Waals surface area contributed by atoms with Crippen LogP contribution in [0.1, 0.15) is 47.2 Å². The molecule has 7 rings (SSSR count). The minimum atomic E-state index is 0.